The van der Waals surface area contributed by atoms with E-state index < -0.39 is 0 Å². The monoisotopic (exact) mass is 385 g/mol. The number of amides is 1. The van der Waals surface area contributed by atoms with E-state index in [4.69, 9.17) is 9.15 Å². The van der Waals surface area contributed by atoms with Gasteiger partial charge in [0, 0.05) is 10.5 Å². The van der Waals surface area contributed by atoms with E-state index in [9.17, 15) is 9.59 Å². The summed E-state index contributed by atoms with van der Waals surface area (Å²) in [7, 11) is 0. The van der Waals surface area contributed by atoms with Gasteiger partial charge in [0.15, 0.2) is 11.2 Å². The first-order valence-electron chi connectivity index (χ1n) is 7.40. The topological polar surface area (TPSA) is 59.8 Å². The van der Waals surface area contributed by atoms with Gasteiger partial charge in [-0.1, -0.05) is 28.1 Å². The maximum atomic E-state index is 12.9. The van der Waals surface area contributed by atoms with E-state index in [-0.39, 0.29) is 17.1 Å². The molecule has 3 aromatic rings. The fourth-order valence-electron chi connectivity index (χ4n) is 2.75. The summed E-state index contributed by atoms with van der Waals surface area (Å²) in [4.78, 5) is 26.7. The van der Waals surface area contributed by atoms with E-state index in [0.717, 1.165) is 4.47 Å². The molecule has 6 heteroatoms. The van der Waals surface area contributed by atoms with Gasteiger partial charge in [-0.25, -0.2) is 0 Å². The average Bonchev–Trinajstić information content (AvgIpc) is 2.61. The molecule has 0 unspecified atom stereocenters. The van der Waals surface area contributed by atoms with Crippen molar-refractivity contribution in [3.05, 3.63) is 69.0 Å². The van der Waals surface area contributed by atoms with Gasteiger partial charge in [0.25, 0.3) is 5.91 Å². The van der Waals surface area contributed by atoms with Crippen LogP contribution in [0.15, 0.2) is 62.2 Å². The lowest BCUT2D eigenvalue weighted by Gasteiger charge is -2.28. The summed E-state index contributed by atoms with van der Waals surface area (Å²) in [5.74, 6) is 0.309. The highest BCUT2D eigenvalue weighted by atomic mass is 79.9. The molecule has 5 nitrogen and oxygen atoms in total. The van der Waals surface area contributed by atoms with Crippen LogP contribution in [0, 0.1) is 0 Å². The minimum absolute atomic E-state index is 0.0199. The van der Waals surface area contributed by atoms with Crippen molar-refractivity contribution in [3.63, 3.8) is 0 Å². The van der Waals surface area contributed by atoms with Gasteiger partial charge in [-0.15, -0.1) is 0 Å². The van der Waals surface area contributed by atoms with Gasteiger partial charge in [0.2, 0.25) is 0 Å². The number of nitrogens with zero attached hydrogens (tertiary/aromatic N) is 1. The molecule has 1 aliphatic rings. The first kappa shape index (κ1) is 15.0. The molecular weight excluding hydrogens is 374 g/mol. The number of hydrogen-bond donors (Lipinski definition) is 0. The van der Waals surface area contributed by atoms with E-state index in [1.165, 1.54) is 6.07 Å². The zero-order chi connectivity index (χ0) is 16.7. The molecule has 0 radical (unpaired) electrons. The fourth-order valence-corrected chi connectivity index (χ4v) is 3.11. The smallest absolute Gasteiger partial charge is 0.294 e. The summed E-state index contributed by atoms with van der Waals surface area (Å²) in [6, 6.07) is 13.7. The molecular formula is C18H12BrNO4. The summed E-state index contributed by atoms with van der Waals surface area (Å²) in [6.07, 6.45) is 0. The van der Waals surface area contributed by atoms with Crippen LogP contribution in [0.5, 0.6) is 5.75 Å². The van der Waals surface area contributed by atoms with Crippen molar-refractivity contribution in [2.24, 2.45) is 0 Å². The van der Waals surface area contributed by atoms with Crippen molar-refractivity contribution in [2.45, 2.75) is 0 Å². The Morgan fingerprint density at radius 3 is 2.83 bits per heavy atom. The third-order valence-corrected chi connectivity index (χ3v) is 4.37. The van der Waals surface area contributed by atoms with Gasteiger partial charge in [-0.05, 0) is 30.3 Å². The predicted molar refractivity (Wildman–Crippen MR) is 93.8 cm³/mol. The molecule has 2 heterocycles. The van der Waals surface area contributed by atoms with Gasteiger partial charge < -0.3 is 9.15 Å². The Bertz CT molecular complexity index is 1010. The van der Waals surface area contributed by atoms with Crippen LogP contribution >= 0.6 is 15.9 Å². The number of benzene rings is 2. The van der Waals surface area contributed by atoms with Gasteiger partial charge in [0.05, 0.1) is 17.6 Å². The van der Waals surface area contributed by atoms with Crippen LogP contribution in [0.2, 0.25) is 0 Å². The maximum Gasteiger partial charge on any atom is 0.294 e. The molecule has 0 atom stereocenters. The van der Waals surface area contributed by atoms with E-state index in [0.29, 0.717) is 35.6 Å². The summed E-state index contributed by atoms with van der Waals surface area (Å²) < 4.78 is 12.0. The summed E-state index contributed by atoms with van der Waals surface area (Å²) in [6.45, 7) is 0.797. The lowest BCUT2D eigenvalue weighted by atomic mass is 10.2. The Morgan fingerprint density at radius 2 is 1.96 bits per heavy atom. The second-order valence-electron chi connectivity index (χ2n) is 5.39. The van der Waals surface area contributed by atoms with E-state index >= 15 is 0 Å². The Labute approximate surface area is 145 Å². The van der Waals surface area contributed by atoms with E-state index in [1.54, 1.807) is 23.1 Å². The van der Waals surface area contributed by atoms with Crippen molar-refractivity contribution >= 4 is 38.5 Å². The van der Waals surface area contributed by atoms with Crippen molar-refractivity contribution in [3.8, 4) is 5.75 Å². The Hall–Kier alpha value is -2.60. The van der Waals surface area contributed by atoms with Gasteiger partial charge in [0.1, 0.15) is 17.9 Å². The maximum absolute atomic E-state index is 12.9. The number of carbonyl (C=O) groups is 1. The summed E-state index contributed by atoms with van der Waals surface area (Å²) >= 11 is 3.32. The number of halogens is 1. The van der Waals surface area contributed by atoms with Crippen LogP contribution in [0.25, 0.3) is 11.0 Å². The first-order valence-corrected chi connectivity index (χ1v) is 8.20. The van der Waals surface area contributed by atoms with Crippen LogP contribution in [0.1, 0.15) is 10.6 Å². The van der Waals surface area contributed by atoms with Crippen molar-refractivity contribution < 1.29 is 13.9 Å². The van der Waals surface area contributed by atoms with Gasteiger partial charge in [-0.2, -0.15) is 0 Å². The van der Waals surface area contributed by atoms with Crippen LogP contribution in [0.4, 0.5) is 5.69 Å². The van der Waals surface area contributed by atoms with E-state index in [2.05, 4.69) is 15.9 Å². The third kappa shape index (κ3) is 2.49. The number of para-hydroxylation sites is 2. The second kappa shape index (κ2) is 5.79. The number of rotatable bonds is 1. The molecule has 4 rings (SSSR count). The van der Waals surface area contributed by atoms with Crippen LogP contribution < -0.4 is 15.1 Å². The lowest BCUT2D eigenvalue weighted by Crippen LogP contribution is -2.38. The highest BCUT2D eigenvalue weighted by molar-refractivity contribution is 9.10. The molecule has 1 aliphatic heterocycles. The molecule has 0 bridgehead atoms. The zero-order valence-corrected chi connectivity index (χ0v) is 14.1. The highest BCUT2D eigenvalue weighted by Gasteiger charge is 2.26. The second-order valence-corrected chi connectivity index (χ2v) is 6.30. The molecule has 1 amide bonds. The van der Waals surface area contributed by atoms with Crippen LogP contribution in [-0.4, -0.2) is 19.1 Å². The molecule has 0 saturated heterocycles. The quantitative estimate of drug-likeness (QED) is 0.642. The first-order chi connectivity index (χ1) is 11.6. The molecule has 0 fully saturated rings. The number of fused-ring (bicyclic) bond motifs is 2. The Morgan fingerprint density at radius 1 is 1.12 bits per heavy atom. The molecule has 2 aromatic carbocycles. The van der Waals surface area contributed by atoms with Crippen molar-refractivity contribution in [1.29, 1.82) is 0 Å². The molecule has 0 saturated carbocycles. The largest absolute Gasteiger partial charge is 0.490 e. The SMILES string of the molecule is O=C(c1cc(=O)c2cc(Br)ccc2o1)N1CCOc2ccccc21. The predicted octanol–water partition coefficient (Wildman–Crippen LogP) is 3.59. The highest BCUT2D eigenvalue weighted by Crippen LogP contribution is 2.32. The number of hydrogen-bond acceptors (Lipinski definition) is 4. The number of carbonyl (C=O) groups excluding carboxylic acids is 1. The minimum Gasteiger partial charge on any atom is -0.490 e. The van der Waals surface area contributed by atoms with Gasteiger partial charge >= 0.3 is 0 Å². The summed E-state index contributed by atoms with van der Waals surface area (Å²) in [5.41, 5.74) is 0.811. The molecule has 0 aliphatic carbocycles. The Kier molecular flexibility index (Phi) is 3.61. The molecule has 24 heavy (non-hydrogen) atoms. The van der Waals surface area contributed by atoms with Crippen molar-refractivity contribution in [1.82, 2.24) is 0 Å². The lowest BCUT2D eigenvalue weighted by molar-refractivity contribution is 0.0950. The molecule has 0 N–H and O–H groups in total. The third-order valence-electron chi connectivity index (χ3n) is 3.87. The molecule has 0 spiro atoms. The van der Waals surface area contributed by atoms with Gasteiger partial charge in [-0.3, -0.25) is 14.5 Å². The standard InChI is InChI=1S/C18H12BrNO4/c19-11-5-6-15-12(9-11)14(21)10-17(24-15)18(22)20-7-8-23-16-4-2-1-3-13(16)20/h1-6,9-10H,7-8H2. The van der Waals surface area contributed by atoms with Crippen molar-refractivity contribution in [2.75, 3.05) is 18.1 Å². The van der Waals surface area contributed by atoms with Crippen LogP contribution in [-0.2, 0) is 0 Å². The fraction of sp³-hybridized carbons (Fsp3) is 0.111. The van der Waals surface area contributed by atoms with E-state index in [1.807, 2.05) is 24.3 Å². The Balaban J connectivity index is 1.80. The normalized spacial score (nSPS) is 13.5. The van der Waals surface area contributed by atoms with Crippen LogP contribution in [0.3, 0.4) is 0 Å². The molecule has 120 valence electrons. The number of ether oxygens (including phenoxy) is 1. The minimum atomic E-state index is -0.354. The zero-order valence-electron chi connectivity index (χ0n) is 12.5. The number of anilines is 1. The molecule has 1 aromatic heterocycles. The summed E-state index contributed by atoms with van der Waals surface area (Å²) in [5, 5.41) is 0.434. The average molecular weight is 386 g/mol.